The van der Waals surface area contributed by atoms with Gasteiger partial charge in [0.25, 0.3) is 0 Å². The van der Waals surface area contributed by atoms with Crippen LogP contribution >= 0.6 is 0 Å². The molecule has 2 heterocycles. The van der Waals surface area contributed by atoms with Gasteiger partial charge >= 0.3 is 0 Å². The number of hydrogen-bond acceptors (Lipinski definition) is 1. The molecule has 1 aromatic heterocycles. The van der Waals surface area contributed by atoms with Gasteiger partial charge in [-0.25, -0.2) is 0 Å². The van der Waals surface area contributed by atoms with Crippen molar-refractivity contribution < 1.29 is 0 Å². The lowest BCUT2D eigenvalue weighted by Crippen LogP contribution is -2.24. The number of hydrogen-bond donors (Lipinski definition) is 2. The highest BCUT2D eigenvalue weighted by Crippen LogP contribution is 2.28. The molecule has 1 atom stereocenters. The molecule has 1 fully saturated rings. The van der Waals surface area contributed by atoms with E-state index in [1.807, 2.05) is 0 Å². The second kappa shape index (κ2) is 4.25. The number of H-pyrrole nitrogens is 1. The Morgan fingerprint density at radius 2 is 2.06 bits per heavy atom. The van der Waals surface area contributed by atoms with Crippen LogP contribution in [-0.4, -0.2) is 17.6 Å². The van der Waals surface area contributed by atoms with E-state index in [9.17, 15) is 0 Å². The largest absolute Gasteiger partial charge is 0.362 e. The van der Waals surface area contributed by atoms with Crippen LogP contribution in [0.2, 0.25) is 0 Å². The van der Waals surface area contributed by atoms with E-state index in [4.69, 9.17) is 0 Å². The first kappa shape index (κ1) is 10.4. The Kier molecular flexibility index (Phi) is 2.76. The zero-order valence-corrected chi connectivity index (χ0v) is 10.2. The quantitative estimate of drug-likeness (QED) is 0.784. The van der Waals surface area contributed by atoms with Gasteiger partial charge in [-0.1, -0.05) is 0 Å². The summed E-state index contributed by atoms with van der Waals surface area (Å²) >= 11 is 0. The van der Waals surface area contributed by atoms with Crippen LogP contribution in [0.15, 0.2) is 0 Å². The fourth-order valence-corrected chi connectivity index (χ4v) is 3.36. The van der Waals surface area contributed by atoms with Crippen LogP contribution in [0.1, 0.15) is 48.2 Å². The molecule has 0 spiro atoms. The Labute approximate surface area is 97.8 Å². The van der Waals surface area contributed by atoms with Gasteiger partial charge in [-0.15, -0.1) is 0 Å². The molecule has 1 aliphatic carbocycles. The number of aryl methyl sites for hydroxylation is 2. The molecule has 16 heavy (non-hydrogen) atoms. The molecule has 1 aromatic rings. The van der Waals surface area contributed by atoms with E-state index < -0.39 is 0 Å². The first-order valence-corrected chi connectivity index (χ1v) is 6.77. The summed E-state index contributed by atoms with van der Waals surface area (Å²) in [6, 6.07) is 0.737. The molecular formula is C14H22N2. The van der Waals surface area contributed by atoms with E-state index in [1.54, 1.807) is 11.1 Å². The molecular weight excluding hydrogens is 196 g/mol. The fraction of sp³-hybridized carbons (Fsp3) is 0.714. The first-order chi connectivity index (χ1) is 7.84. The van der Waals surface area contributed by atoms with Gasteiger partial charge in [0.05, 0.1) is 0 Å². The van der Waals surface area contributed by atoms with E-state index in [0.29, 0.717) is 0 Å². The van der Waals surface area contributed by atoms with Crippen LogP contribution in [0.5, 0.6) is 0 Å². The summed E-state index contributed by atoms with van der Waals surface area (Å²) in [4.78, 5) is 3.61. The van der Waals surface area contributed by atoms with E-state index in [2.05, 4.69) is 17.2 Å². The molecule has 2 nitrogen and oxygen atoms in total. The predicted octanol–water partition coefficient (Wildman–Crippen LogP) is 2.50. The van der Waals surface area contributed by atoms with Crippen LogP contribution < -0.4 is 5.32 Å². The Morgan fingerprint density at radius 3 is 2.88 bits per heavy atom. The molecule has 2 N–H and O–H groups in total. The molecule has 0 aromatic carbocycles. The molecule has 1 unspecified atom stereocenters. The van der Waals surface area contributed by atoms with E-state index in [1.165, 1.54) is 62.9 Å². The van der Waals surface area contributed by atoms with Gasteiger partial charge in [0.15, 0.2) is 0 Å². The lowest BCUT2D eigenvalue weighted by Gasteiger charge is -2.15. The lowest BCUT2D eigenvalue weighted by atomic mass is 9.91. The minimum absolute atomic E-state index is 0.737. The first-order valence-electron chi connectivity index (χ1n) is 6.77. The van der Waals surface area contributed by atoms with Gasteiger partial charge in [0.2, 0.25) is 0 Å². The van der Waals surface area contributed by atoms with Crippen LogP contribution in [-0.2, 0) is 19.3 Å². The van der Waals surface area contributed by atoms with Crippen LogP contribution in [0.25, 0.3) is 0 Å². The van der Waals surface area contributed by atoms with Gasteiger partial charge < -0.3 is 10.3 Å². The third-order valence-corrected chi connectivity index (χ3v) is 4.24. The molecule has 0 radical (unpaired) electrons. The number of rotatable bonds is 2. The van der Waals surface area contributed by atoms with Gasteiger partial charge in [-0.3, -0.25) is 0 Å². The fourth-order valence-electron chi connectivity index (χ4n) is 3.36. The SMILES string of the molecule is Cc1[nH]c2c(c1CC1CCCN1)CCCC2. The van der Waals surface area contributed by atoms with E-state index in [-0.39, 0.29) is 0 Å². The standard InChI is InChI=1S/C14H22N2/c1-10-13(9-11-5-4-8-15-11)12-6-2-3-7-14(12)16-10/h11,15-16H,2-9H2,1H3. The van der Waals surface area contributed by atoms with Crippen molar-refractivity contribution in [2.24, 2.45) is 0 Å². The monoisotopic (exact) mass is 218 g/mol. The normalized spacial score (nSPS) is 24.7. The highest BCUT2D eigenvalue weighted by atomic mass is 14.9. The molecule has 0 bridgehead atoms. The smallest absolute Gasteiger partial charge is 0.0184 e. The van der Waals surface area contributed by atoms with Gasteiger partial charge in [0.1, 0.15) is 0 Å². The maximum atomic E-state index is 3.62. The maximum absolute atomic E-state index is 3.62. The van der Waals surface area contributed by atoms with Crippen molar-refractivity contribution in [3.8, 4) is 0 Å². The summed E-state index contributed by atoms with van der Waals surface area (Å²) in [7, 11) is 0. The van der Waals surface area contributed by atoms with Gasteiger partial charge in [-0.2, -0.15) is 0 Å². The minimum Gasteiger partial charge on any atom is -0.362 e. The number of fused-ring (bicyclic) bond motifs is 1. The summed E-state index contributed by atoms with van der Waals surface area (Å²) in [5, 5.41) is 3.62. The number of aromatic nitrogens is 1. The summed E-state index contributed by atoms with van der Waals surface area (Å²) in [6.07, 6.45) is 9.30. The van der Waals surface area contributed by atoms with Crippen molar-refractivity contribution in [2.45, 2.75) is 57.9 Å². The van der Waals surface area contributed by atoms with Crippen molar-refractivity contribution in [1.82, 2.24) is 10.3 Å². The Bertz CT molecular complexity index is 372. The average Bonchev–Trinajstić information content (AvgIpc) is 2.89. The summed E-state index contributed by atoms with van der Waals surface area (Å²) < 4.78 is 0. The summed E-state index contributed by atoms with van der Waals surface area (Å²) in [6.45, 7) is 3.47. The maximum Gasteiger partial charge on any atom is 0.0184 e. The van der Waals surface area contributed by atoms with Crippen molar-refractivity contribution in [1.29, 1.82) is 0 Å². The molecule has 0 amide bonds. The van der Waals surface area contributed by atoms with Crippen LogP contribution in [0, 0.1) is 6.92 Å². The van der Waals surface area contributed by atoms with Crippen LogP contribution in [0.4, 0.5) is 0 Å². The molecule has 3 rings (SSSR count). The Morgan fingerprint density at radius 1 is 1.19 bits per heavy atom. The third-order valence-electron chi connectivity index (χ3n) is 4.24. The van der Waals surface area contributed by atoms with Crippen molar-refractivity contribution in [3.05, 3.63) is 22.5 Å². The topological polar surface area (TPSA) is 27.8 Å². The second-order valence-corrected chi connectivity index (χ2v) is 5.39. The van der Waals surface area contributed by atoms with Gasteiger partial charge in [0, 0.05) is 17.4 Å². The van der Waals surface area contributed by atoms with Crippen LogP contribution in [0.3, 0.4) is 0 Å². The highest BCUT2D eigenvalue weighted by molar-refractivity contribution is 5.38. The molecule has 1 aliphatic heterocycles. The summed E-state index contributed by atoms with van der Waals surface area (Å²) in [5.41, 5.74) is 6.27. The second-order valence-electron chi connectivity index (χ2n) is 5.39. The lowest BCUT2D eigenvalue weighted by molar-refractivity contribution is 0.595. The Balaban J connectivity index is 1.84. The zero-order chi connectivity index (χ0) is 11.0. The molecule has 2 aliphatic rings. The van der Waals surface area contributed by atoms with Crippen molar-refractivity contribution in [2.75, 3.05) is 6.54 Å². The molecule has 0 saturated carbocycles. The van der Waals surface area contributed by atoms with E-state index in [0.717, 1.165) is 6.04 Å². The predicted molar refractivity (Wildman–Crippen MR) is 66.9 cm³/mol. The van der Waals surface area contributed by atoms with Crippen molar-refractivity contribution >= 4 is 0 Å². The Hall–Kier alpha value is -0.760. The molecule has 2 heteroatoms. The molecule has 88 valence electrons. The third kappa shape index (κ3) is 1.80. The number of aromatic amines is 1. The molecule has 1 saturated heterocycles. The average molecular weight is 218 g/mol. The zero-order valence-electron chi connectivity index (χ0n) is 10.2. The summed E-state index contributed by atoms with van der Waals surface area (Å²) in [5.74, 6) is 0. The minimum atomic E-state index is 0.737. The van der Waals surface area contributed by atoms with Crippen molar-refractivity contribution in [3.63, 3.8) is 0 Å². The highest BCUT2D eigenvalue weighted by Gasteiger charge is 2.22. The number of nitrogens with one attached hydrogen (secondary N) is 2. The van der Waals surface area contributed by atoms with Gasteiger partial charge in [-0.05, 0) is 69.5 Å². The van der Waals surface area contributed by atoms with E-state index >= 15 is 0 Å².